The summed E-state index contributed by atoms with van der Waals surface area (Å²) in [6.45, 7) is 1.98. The molecule has 120 valence electrons. The third-order valence-corrected chi connectivity index (χ3v) is 5.03. The Morgan fingerprint density at radius 3 is 2.75 bits per heavy atom. The molecule has 2 heterocycles. The van der Waals surface area contributed by atoms with Crippen molar-refractivity contribution < 1.29 is 10.2 Å². The molecule has 24 heavy (non-hydrogen) atoms. The van der Waals surface area contributed by atoms with Gasteiger partial charge in [-0.3, -0.25) is 5.10 Å². The number of aryl methyl sites for hydroxylation is 1. The van der Waals surface area contributed by atoms with Crippen LogP contribution in [0.4, 0.5) is 0 Å². The van der Waals surface area contributed by atoms with Crippen molar-refractivity contribution in [2.75, 3.05) is 0 Å². The lowest BCUT2D eigenvalue weighted by Gasteiger charge is -2.08. The van der Waals surface area contributed by atoms with Crippen LogP contribution in [0.2, 0.25) is 5.02 Å². The van der Waals surface area contributed by atoms with E-state index in [0.717, 1.165) is 26.4 Å². The van der Waals surface area contributed by atoms with E-state index in [9.17, 15) is 10.2 Å². The maximum absolute atomic E-state index is 10.2. The average Bonchev–Trinajstić information content (AvgIpc) is 3.15. The molecule has 2 aromatic heterocycles. The van der Waals surface area contributed by atoms with Crippen LogP contribution in [-0.4, -0.2) is 25.4 Å². The smallest absolute Gasteiger partial charge is 0.137 e. The zero-order valence-corrected chi connectivity index (χ0v) is 14.1. The molecule has 0 bridgehead atoms. The number of nitrogens with zero attached hydrogens (tertiary/aromatic N) is 2. The lowest BCUT2D eigenvalue weighted by Crippen LogP contribution is -1.85. The maximum Gasteiger partial charge on any atom is 0.137 e. The monoisotopic (exact) mass is 357 g/mol. The van der Waals surface area contributed by atoms with Gasteiger partial charge in [-0.15, -0.1) is 11.3 Å². The van der Waals surface area contributed by atoms with Crippen LogP contribution in [0.3, 0.4) is 0 Å². The fourth-order valence-corrected chi connectivity index (χ4v) is 3.64. The number of fused-ring (bicyclic) bond motifs is 1. The first-order valence-electron chi connectivity index (χ1n) is 7.15. The predicted molar refractivity (Wildman–Crippen MR) is 95.7 cm³/mol. The second-order valence-corrected chi connectivity index (χ2v) is 7.04. The van der Waals surface area contributed by atoms with Crippen molar-refractivity contribution in [1.29, 1.82) is 0 Å². The molecule has 0 radical (unpaired) electrons. The van der Waals surface area contributed by atoms with Gasteiger partial charge < -0.3 is 10.2 Å². The number of thiazole rings is 1. The number of aromatic amines is 1. The Kier molecular flexibility index (Phi) is 3.44. The van der Waals surface area contributed by atoms with Crippen LogP contribution in [0, 0.1) is 6.92 Å². The van der Waals surface area contributed by atoms with Gasteiger partial charge in [0.05, 0.1) is 32.1 Å². The van der Waals surface area contributed by atoms with Gasteiger partial charge in [-0.05, 0) is 30.7 Å². The van der Waals surface area contributed by atoms with E-state index in [4.69, 9.17) is 11.6 Å². The molecule has 0 aliphatic heterocycles. The summed E-state index contributed by atoms with van der Waals surface area (Å²) in [6.07, 6.45) is 1.69. The number of H-pyrrole nitrogens is 1. The Balaban J connectivity index is 1.89. The van der Waals surface area contributed by atoms with Crippen LogP contribution < -0.4 is 0 Å². The molecule has 0 unspecified atom stereocenters. The number of phenolic OH excluding ortho intramolecular Hbond substituents is 2. The number of nitrogens with one attached hydrogen (secondary N) is 1. The second-order valence-electron chi connectivity index (χ2n) is 5.39. The summed E-state index contributed by atoms with van der Waals surface area (Å²) >= 11 is 7.62. The highest BCUT2D eigenvalue weighted by Gasteiger charge is 2.16. The number of aromatic nitrogens is 3. The molecule has 2 aromatic carbocycles. The Bertz CT molecular complexity index is 1070. The molecule has 0 saturated heterocycles. The quantitative estimate of drug-likeness (QED) is 0.484. The van der Waals surface area contributed by atoms with E-state index in [1.807, 2.05) is 25.1 Å². The summed E-state index contributed by atoms with van der Waals surface area (Å²) in [6, 6.07) is 8.74. The Hall–Kier alpha value is -2.57. The van der Waals surface area contributed by atoms with Crippen LogP contribution in [0.25, 0.3) is 32.6 Å². The van der Waals surface area contributed by atoms with Crippen molar-refractivity contribution >= 4 is 33.2 Å². The Morgan fingerprint density at radius 1 is 1.08 bits per heavy atom. The first-order valence-corrected chi connectivity index (χ1v) is 8.35. The zero-order valence-electron chi connectivity index (χ0n) is 12.5. The third kappa shape index (κ3) is 2.40. The summed E-state index contributed by atoms with van der Waals surface area (Å²) < 4.78 is 1.12. The highest BCUT2D eigenvalue weighted by Crippen LogP contribution is 2.40. The van der Waals surface area contributed by atoms with Gasteiger partial charge in [0.1, 0.15) is 11.5 Å². The standard InChI is InChI=1S/C17H12ClN3O2S/c1-8-20-13-4-9(2-3-16(13)24-8)11-7-19-21-17(11)10-5-12(18)15(23)6-14(10)22/h2-7,22-23H,1H3,(H,19,21). The van der Waals surface area contributed by atoms with Gasteiger partial charge in [0.25, 0.3) is 0 Å². The molecular formula is C17H12ClN3O2S. The number of hydrogen-bond donors (Lipinski definition) is 3. The molecule has 0 aliphatic rings. The van der Waals surface area contributed by atoms with Crippen LogP contribution in [0.15, 0.2) is 36.5 Å². The molecular weight excluding hydrogens is 346 g/mol. The molecule has 3 N–H and O–H groups in total. The summed E-state index contributed by atoms with van der Waals surface area (Å²) in [7, 11) is 0. The van der Waals surface area contributed by atoms with Gasteiger partial charge >= 0.3 is 0 Å². The molecule has 4 rings (SSSR count). The van der Waals surface area contributed by atoms with E-state index < -0.39 is 0 Å². The summed E-state index contributed by atoms with van der Waals surface area (Å²) in [5.74, 6) is -0.244. The molecule has 0 atom stereocenters. The van der Waals surface area contributed by atoms with E-state index in [1.165, 1.54) is 12.1 Å². The molecule has 7 heteroatoms. The number of rotatable bonds is 2. The molecule has 0 saturated carbocycles. The molecule has 4 aromatic rings. The first-order chi connectivity index (χ1) is 11.5. The van der Waals surface area contributed by atoms with Crippen LogP contribution in [0.1, 0.15) is 5.01 Å². The highest BCUT2D eigenvalue weighted by atomic mass is 35.5. The fourth-order valence-electron chi connectivity index (χ4n) is 2.67. The largest absolute Gasteiger partial charge is 0.507 e. The van der Waals surface area contributed by atoms with Crippen LogP contribution >= 0.6 is 22.9 Å². The van der Waals surface area contributed by atoms with Crippen molar-refractivity contribution in [3.05, 3.63) is 46.6 Å². The Morgan fingerprint density at radius 2 is 1.92 bits per heavy atom. The Labute approximate surface area is 146 Å². The minimum atomic E-state index is -0.168. The molecule has 0 amide bonds. The van der Waals surface area contributed by atoms with Crippen LogP contribution in [-0.2, 0) is 0 Å². The van der Waals surface area contributed by atoms with E-state index in [1.54, 1.807) is 17.5 Å². The average molecular weight is 358 g/mol. The van der Waals surface area contributed by atoms with Crippen molar-refractivity contribution in [1.82, 2.24) is 15.2 Å². The summed E-state index contributed by atoms with van der Waals surface area (Å²) in [4.78, 5) is 4.51. The number of hydrogen-bond acceptors (Lipinski definition) is 5. The predicted octanol–water partition coefficient (Wildman–Crippen LogP) is 4.73. The number of benzene rings is 2. The fraction of sp³-hybridized carbons (Fsp3) is 0.0588. The van der Waals surface area contributed by atoms with Crippen molar-refractivity contribution in [3.63, 3.8) is 0 Å². The highest BCUT2D eigenvalue weighted by molar-refractivity contribution is 7.18. The lowest BCUT2D eigenvalue weighted by atomic mass is 10.0. The molecule has 0 spiro atoms. The SMILES string of the molecule is Cc1nc2cc(-c3cn[nH]c3-c3cc(Cl)c(O)cc3O)ccc2s1. The van der Waals surface area contributed by atoms with E-state index in [0.29, 0.717) is 11.3 Å². The van der Waals surface area contributed by atoms with Gasteiger partial charge in [0.2, 0.25) is 0 Å². The van der Waals surface area contributed by atoms with E-state index in [2.05, 4.69) is 15.2 Å². The number of phenols is 2. The molecule has 5 nitrogen and oxygen atoms in total. The van der Waals surface area contributed by atoms with Crippen LogP contribution in [0.5, 0.6) is 11.5 Å². The minimum absolute atomic E-state index is 0.0759. The number of halogens is 1. The lowest BCUT2D eigenvalue weighted by molar-refractivity contribution is 0.452. The first kappa shape index (κ1) is 15.0. The van der Waals surface area contributed by atoms with Gasteiger partial charge in [-0.25, -0.2) is 4.98 Å². The third-order valence-electron chi connectivity index (χ3n) is 3.78. The van der Waals surface area contributed by atoms with Gasteiger partial charge in [-0.1, -0.05) is 17.7 Å². The zero-order chi connectivity index (χ0) is 16.8. The van der Waals surface area contributed by atoms with Gasteiger partial charge in [0, 0.05) is 17.2 Å². The van der Waals surface area contributed by atoms with Gasteiger partial charge in [-0.2, -0.15) is 5.10 Å². The minimum Gasteiger partial charge on any atom is -0.507 e. The summed E-state index contributed by atoms with van der Waals surface area (Å²) in [5.41, 5.74) is 3.77. The van der Waals surface area contributed by atoms with Crippen molar-refractivity contribution in [3.8, 4) is 33.9 Å². The maximum atomic E-state index is 10.2. The molecule has 0 fully saturated rings. The van der Waals surface area contributed by atoms with E-state index in [-0.39, 0.29) is 16.5 Å². The van der Waals surface area contributed by atoms with E-state index >= 15 is 0 Å². The normalized spacial score (nSPS) is 11.2. The molecule has 0 aliphatic carbocycles. The van der Waals surface area contributed by atoms with Crippen molar-refractivity contribution in [2.45, 2.75) is 6.92 Å². The topological polar surface area (TPSA) is 82.0 Å². The summed E-state index contributed by atoms with van der Waals surface area (Å²) in [5, 5.41) is 27.9. The van der Waals surface area contributed by atoms with Crippen molar-refractivity contribution in [2.24, 2.45) is 0 Å². The van der Waals surface area contributed by atoms with Gasteiger partial charge in [0.15, 0.2) is 0 Å². The second kappa shape index (κ2) is 5.51. The number of aromatic hydroxyl groups is 2.